The van der Waals surface area contributed by atoms with Crippen molar-refractivity contribution in [1.82, 2.24) is 0 Å². The van der Waals surface area contributed by atoms with Crippen LogP contribution in [0.25, 0.3) is 11.1 Å². The van der Waals surface area contributed by atoms with Gasteiger partial charge in [0.15, 0.2) is 6.10 Å². The zero-order valence-electron chi connectivity index (χ0n) is 14.3. The van der Waals surface area contributed by atoms with E-state index in [9.17, 15) is 4.79 Å². The lowest BCUT2D eigenvalue weighted by Crippen LogP contribution is -2.30. The number of rotatable bonds is 5. The molecule has 3 aromatic carbocycles. The largest absolute Gasteiger partial charge is 0.481 e. The Morgan fingerprint density at radius 1 is 0.923 bits per heavy atom. The van der Waals surface area contributed by atoms with Gasteiger partial charge in [0.1, 0.15) is 5.75 Å². The van der Waals surface area contributed by atoms with E-state index in [1.165, 1.54) is 0 Å². The molecule has 1 N–H and O–H groups in total. The predicted molar refractivity (Wildman–Crippen MR) is 102 cm³/mol. The minimum atomic E-state index is -0.615. The van der Waals surface area contributed by atoms with Crippen LogP contribution in [-0.2, 0) is 4.79 Å². The third kappa shape index (κ3) is 4.28. The molecule has 3 aromatic rings. The summed E-state index contributed by atoms with van der Waals surface area (Å²) in [6.07, 6.45) is -0.615. The molecule has 128 valence electrons. The number of benzene rings is 3. The van der Waals surface area contributed by atoms with Crippen LogP contribution in [0, 0.1) is 11.3 Å². The summed E-state index contributed by atoms with van der Waals surface area (Å²) in [7, 11) is 0. The fourth-order valence-corrected chi connectivity index (χ4v) is 2.49. The fourth-order valence-electron chi connectivity index (χ4n) is 2.49. The highest BCUT2D eigenvalue weighted by molar-refractivity contribution is 5.94. The third-order valence-electron chi connectivity index (χ3n) is 3.93. The summed E-state index contributed by atoms with van der Waals surface area (Å²) in [6.45, 7) is 1.72. The molecule has 3 rings (SSSR count). The maximum Gasteiger partial charge on any atom is 0.265 e. The number of anilines is 1. The smallest absolute Gasteiger partial charge is 0.265 e. The minimum Gasteiger partial charge on any atom is -0.481 e. The molecule has 0 aromatic heterocycles. The van der Waals surface area contributed by atoms with Gasteiger partial charge in [0.2, 0.25) is 0 Å². The van der Waals surface area contributed by atoms with Crippen molar-refractivity contribution in [2.75, 3.05) is 5.32 Å². The molecule has 0 radical (unpaired) electrons. The number of nitriles is 1. The van der Waals surface area contributed by atoms with E-state index < -0.39 is 6.10 Å². The van der Waals surface area contributed by atoms with Gasteiger partial charge in [-0.05, 0) is 54.4 Å². The second-order valence-electron chi connectivity index (χ2n) is 5.83. The average molecular weight is 342 g/mol. The first-order valence-corrected chi connectivity index (χ1v) is 8.29. The van der Waals surface area contributed by atoms with E-state index in [0.717, 1.165) is 16.8 Å². The lowest BCUT2D eigenvalue weighted by atomic mass is 10.0. The van der Waals surface area contributed by atoms with Gasteiger partial charge in [-0.2, -0.15) is 5.26 Å². The number of nitrogens with one attached hydrogen (secondary N) is 1. The maximum absolute atomic E-state index is 12.2. The van der Waals surface area contributed by atoms with Crippen LogP contribution in [0.2, 0.25) is 0 Å². The Bertz CT molecular complexity index is 911. The first-order valence-electron chi connectivity index (χ1n) is 8.29. The molecule has 26 heavy (non-hydrogen) atoms. The van der Waals surface area contributed by atoms with E-state index in [4.69, 9.17) is 10.00 Å². The third-order valence-corrected chi connectivity index (χ3v) is 3.93. The highest BCUT2D eigenvalue weighted by Gasteiger charge is 2.14. The van der Waals surface area contributed by atoms with E-state index >= 15 is 0 Å². The van der Waals surface area contributed by atoms with Crippen molar-refractivity contribution in [3.05, 3.63) is 84.4 Å². The van der Waals surface area contributed by atoms with Crippen molar-refractivity contribution in [3.8, 4) is 22.9 Å². The topological polar surface area (TPSA) is 62.1 Å². The molecule has 4 heteroatoms. The molecule has 1 amide bonds. The molecular formula is C22H18N2O2. The number of nitrogens with zero attached hydrogens (tertiary/aromatic N) is 1. The number of ether oxygens (including phenoxy) is 1. The monoisotopic (exact) mass is 342 g/mol. The summed E-state index contributed by atoms with van der Waals surface area (Å²) in [5.74, 6) is 0.422. The van der Waals surface area contributed by atoms with Gasteiger partial charge in [-0.3, -0.25) is 4.79 Å². The number of hydrogen-bond donors (Lipinski definition) is 1. The van der Waals surface area contributed by atoms with Crippen molar-refractivity contribution < 1.29 is 9.53 Å². The van der Waals surface area contributed by atoms with Crippen LogP contribution < -0.4 is 10.1 Å². The van der Waals surface area contributed by atoms with E-state index in [1.807, 2.05) is 66.7 Å². The standard InChI is InChI=1S/C22H18N2O2/c1-16(22(25)24-20-5-3-2-4-6-20)26-21-13-11-19(12-14-21)18-9-7-17(15-23)8-10-18/h2-14,16H,1H3,(H,24,25)/t16-/m1/s1. The Kier molecular flexibility index (Phi) is 5.31. The Morgan fingerprint density at radius 2 is 1.50 bits per heavy atom. The summed E-state index contributed by atoms with van der Waals surface area (Å²) < 4.78 is 5.72. The first kappa shape index (κ1) is 17.2. The molecule has 0 heterocycles. The molecular weight excluding hydrogens is 324 g/mol. The van der Waals surface area contributed by atoms with E-state index in [2.05, 4.69) is 11.4 Å². The number of amides is 1. The normalized spacial score (nSPS) is 11.2. The Hall–Kier alpha value is -3.58. The number of hydrogen-bond acceptors (Lipinski definition) is 3. The van der Waals surface area contributed by atoms with Crippen LogP contribution in [0.15, 0.2) is 78.9 Å². The van der Waals surface area contributed by atoms with Gasteiger partial charge in [0.05, 0.1) is 11.6 Å². The quantitative estimate of drug-likeness (QED) is 0.735. The molecule has 0 fully saturated rings. The van der Waals surface area contributed by atoms with Gasteiger partial charge in [0, 0.05) is 5.69 Å². The van der Waals surface area contributed by atoms with Gasteiger partial charge in [-0.15, -0.1) is 0 Å². The second kappa shape index (κ2) is 8.00. The van der Waals surface area contributed by atoms with Crippen LogP contribution in [0.4, 0.5) is 5.69 Å². The van der Waals surface area contributed by atoms with Crippen LogP contribution in [0.1, 0.15) is 12.5 Å². The van der Waals surface area contributed by atoms with Gasteiger partial charge in [-0.25, -0.2) is 0 Å². The molecule has 0 spiro atoms. The Balaban J connectivity index is 1.63. The molecule has 0 saturated heterocycles. The van der Waals surface area contributed by atoms with E-state index in [0.29, 0.717) is 11.3 Å². The zero-order valence-corrected chi connectivity index (χ0v) is 14.3. The summed E-state index contributed by atoms with van der Waals surface area (Å²) in [5, 5.41) is 11.7. The van der Waals surface area contributed by atoms with Crippen molar-refractivity contribution in [2.45, 2.75) is 13.0 Å². The fraction of sp³-hybridized carbons (Fsp3) is 0.0909. The van der Waals surface area contributed by atoms with Gasteiger partial charge in [0.25, 0.3) is 5.91 Å². The van der Waals surface area contributed by atoms with Crippen molar-refractivity contribution >= 4 is 11.6 Å². The van der Waals surface area contributed by atoms with Gasteiger partial charge < -0.3 is 10.1 Å². The molecule has 0 unspecified atom stereocenters. The highest BCUT2D eigenvalue weighted by atomic mass is 16.5. The minimum absolute atomic E-state index is 0.202. The number of para-hydroxylation sites is 1. The van der Waals surface area contributed by atoms with Crippen molar-refractivity contribution in [1.29, 1.82) is 5.26 Å². The van der Waals surface area contributed by atoms with Crippen molar-refractivity contribution in [3.63, 3.8) is 0 Å². The summed E-state index contributed by atoms with van der Waals surface area (Å²) in [6, 6.07) is 26.3. The van der Waals surface area contributed by atoms with Crippen LogP contribution in [0.3, 0.4) is 0 Å². The average Bonchev–Trinajstić information content (AvgIpc) is 2.69. The number of carbonyl (C=O) groups is 1. The lowest BCUT2D eigenvalue weighted by molar-refractivity contribution is -0.122. The molecule has 0 aliphatic carbocycles. The Morgan fingerprint density at radius 3 is 2.08 bits per heavy atom. The summed E-state index contributed by atoms with van der Waals surface area (Å²) in [5.41, 5.74) is 3.41. The van der Waals surface area contributed by atoms with Crippen LogP contribution >= 0.6 is 0 Å². The summed E-state index contributed by atoms with van der Waals surface area (Å²) in [4.78, 5) is 12.2. The Labute approximate surface area is 152 Å². The van der Waals surface area contributed by atoms with Gasteiger partial charge in [-0.1, -0.05) is 42.5 Å². The molecule has 0 bridgehead atoms. The molecule has 0 aliphatic heterocycles. The summed E-state index contributed by atoms with van der Waals surface area (Å²) >= 11 is 0. The zero-order chi connectivity index (χ0) is 18.4. The lowest BCUT2D eigenvalue weighted by Gasteiger charge is -2.15. The van der Waals surface area contributed by atoms with E-state index in [1.54, 1.807) is 19.1 Å². The highest BCUT2D eigenvalue weighted by Crippen LogP contribution is 2.23. The van der Waals surface area contributed by atoms with E-state index in [-0.39, 0.29) is 5.91 Å². The molecule has 4 nitrogen and oxygen atoms in total. The van der Waals surface area contributed by atoms with Gasteiger partial charge >= 0.3 is 0 Å². The molecule has 0 saturated carbocycles. The van der Waals surface area contributed by atoms with Crippen molar-refractivity contribution in [2.24, 2.45) is 0 Å². The maximum atomic E-state index is 12.2. The molecule has 1 atom stereocenters. The first-order chi connectivity index (χ1) is 12.7. The SMILES string of the molecule is C[C@@H](Oc1ccc(-c2ccc(C#N)cc2)cc1)C(=O)Nc1ccccc1. The predicted octanol–water partition coefficient (Wildman–Crippen LogP) is 4.63. The van der Waals surface area contributed by atoms with Crippen LogP contribution in [0.5, 0.6) is 5.75 Å². The molecule has 0 aliphatic rings. The van der Waals surface area contributed by atoms with Crippen LogP contribution in [-0.4, -0.2) is 12.0 Å². The second-order valence-corrected chi connectivity index (χ2v) is 5.83. The number of carbonyl (C=O) groups excluding carboxylic acids is 1.